The first-order valence-electron chi connectivity index (χ1n) is 4.77. The van der Waals surface area contributed by atoms with Gasteiger partial charge in [0.25, 0.3) is 0 Å². The lowest BCUT2D eigenvalue weighted by molar-refractivity contribution is 0.622. The van der Waals surface area contributed by atoms with Crippen LogP contribution in [0.15, 0.2) is 41.6 Å². The molecule has 0 aliphatic carbocycles. The molecule has 84 valence electrons. The Bertz CT molecular complexity index is 524. The second-order valence-electron chi connectivity index (χ2n) is 3.40. The number of halogens is 1. The van der Waals surface area contributed by atoms with Crippen molar-refractivity contribution in [1.82, 2.24) is 9.55 Å². The van der Waals surface area contributed by atoms with Crippen molar-refractivity contribution in [1.29, 1.82) is 0 Å². The highest BCUT2D eigenvalue weighted by Crippen LogP contribution is 2.12. The molecule has 5 heteroatoms. The molecule has 0 amide bonds. The van der Waals surface area contributed by atoms with Crippen molar-refractivity contribution < 1.29 is 8.60 Å². The number of imidazole rings is 1. The number of nitrogens with zero attached hydrogens (tertiary/aromatic N) is 2. The molecular weight excluding hydrogens is 227 g/mol. The molecule has 0 aliphatic rings. The van der Waals surface area contributed by atoms with Gasteiger partial charge in [-0.3, -0.25) is 4.21 Å². The lowest BCUT2D eigenvalue weighted by Gasteiger charge is -2.02. The third-order valence-electron chi connectivity index (χ3n) is 2.24. The van der Waals surface area contributed by atoms with E-state index in [0.29, 0.717) is 10.6 Å². The van der Waals surface area contributed by atoms with Gasteiger partial charge < -0.3 is 4.57 Å². The van der Waals surface area contributed by atoms with E-state index in [0.717, 1.165) is 5.82 Å². The van der Waals surface area contributed by atoms with Crippen molar-refractivity contribution in [2.45, 2.75) is 10.6 Å². The predicted octanol–water partition coefficient (Wildman–Crippen LogP) is 1.87. The summed E-state index contributed by atoms with van der Waals surface area (Å²) in [7, 11) is 0.582. The van der Waals surface area contributed by atoms with Crippen LogP contribution in [0.25, 0.3) is 0 Å². The summed E-state index contributed by atoms with van der Waals surface area (Å²) < 4.78 is 26.6. The number of aromatic nitrogens is 2. The Morgan fingerprint density at radius 1 is 1.50 bits per heavy atom. The summed E-state index contributed by atoms with van der Waals surface area (Å²) in [6.07, 6.45) is 3.44. The largest absolute Gasteiger partial charge is 0.337 e. The van der Waals surface area contributed by atoms with Crippen LogP contribution < -0.4 is 0 Å². The summed E-state index contributed by atoms with van der Waals surface area (Å²) in [5.74, 6) is 0.653. The Morgan fingerprint density at radius 3 is 2.94 bits per heavy atom. The summed E-state index contributed by atoms with van der Waals surface area (Å²) in [5.41, 5.74) is 0. The van der Waals surface area contributed by atoms with Gasteiger partial charge >= 0.3 is 0 Å². The van der Waals surface area contributed by atoms with Crippen LogP contribution in [0, 0.1) is 5.82 Å². The third kappa shape index (κ3) is 2.36. The average Bonchev–Trinajstić information content (AvgIpc) is 2.64. The average molecular weight is 238 g/mol. The van der Waals surface area contributed by atoms with Gasteiger partial charge in [0.15, 0.2) is 0 Å². The number of rotatable bonds is 3. The smallest absolute Gasteiger partial charge is 0.124 e. The van der Waals surface area contributed by atoms with Gasteiger partial charge in [-0.1, -0.05) is 6.07 Å². The number of hydrogen-bond donors (Lipinski definition) is 0. The first-order valence-corrected chi connectivity index (χ1v) is 6.09. The van der Waals surface area contributed by atoms with Crippen LogP contribution in [-0.2, 0) is 23.6 Å². The Hall–Kier alpha value is -1.49. The van der Waals surface area contributed by atoms with E-state index >= 15 is 0 Å². The summed E-state index contributed by atoms with van der Waals surface area (Å²) in [6, 6.07) is 5.84. The zero-order valence-electron chi connectivity index (χ0n) is 8.76. The minimum Gasteiger partial charge on any atom is -0.337 e. The number of hydrogen-bond acceptors (Lipinski definition) is 2. The van der Waals surface area contributed by atoms with Crippen LogP contribution >= 0.6 is 0 Å². The number of benzene rings is 1. The summed E-state index contributed by atoms with van der Waals surface area (Å²) >= 11 is 0. The van der Waals surface area contributed by atoms with E-state index in [1.54, 1.807) is 29.1 Å². The molecule has 2 aromatic rings. The molecule has 1 atom stereocenters. The molecule has 0 N–H and O–H groups in total. The van der Waals surface area contributed by atoms with Crippen LogP contribution in [0.3, 0.4) is 0 Å². The highest BCUT2D eigenvalue weighted by Gasteiger charge is 2.08. The van der Waals surface area contributed by atoms with Gasteiger partial charge in [0.1, 0.15) is 11.6 Å². The van der Waals surface area contributed by atoms with Crippen LogP contribution in [0.5, 0.6) is 0 Å². The Balaban J connectivity index is 2.18. The molecule has 1 heterocycles. The van der Waals surface area contributed by atoms with Crippen LogP contribution in [0.4, 0.5) is 4.39 Å². The van der Waals surface area contributed by atoms with Gasteiger partial charge in [0.05, 0.1) is 16.6 Å². The molecule has 1 aromatic carbocycles. The van der Waals surface area contributed by atoms with Crippen molar-refractivity contribution in [3.63, 3.8) is 0 Å². The monoisotopic (exact) mass is 238 g/mol. The number of aryl methyl sites for hydroxylation is 1. The molecule has 3 nitrogen and oxygen atoms in total. The van der Waals surface area contributed by atoms with E-state index in [-0.39, 0.29) is 5.82 Å². The first-order chi connectivity index (χ1) is 7.66. The molecular formula is C11H11FN2OS. The minimum absolute atomic E-state index is 0.299. The molecule has 2 rings (SSSR count). The summed E-state index contributed by atoms with van der Waals surface area (Å²) in [6.45, 7) is 0. The van der Waals surface area contributed by atoms with Crippen LogP contribution in [-0.4, -0.2) is 13.8 Å². The first kappa shape index (κ1) is 11.0. The molecule has 1 aromatic heterocycles. The molecule has 16 heavy (non-hydrogen) atoms. The van der Waals surface area contributed by atoms with Crippen molar-refractivity contribution in [2.24, 2.45) is 7.05 Å². The second kappa shape index (κ2) is 4.57. The van der Waals surface area contributed by atoms with Crippen molar-refractivity contribution in [2.75, 3.05) is 0 Å². The van der Waals surface area contributed by atoms with E-state index in [1.165, 1.54) is 12.1 Å². The topological polar surface area (TPSA) is 34.9 Å². The SMILES string of the molecule is Cn1ccnc1CS(=O)c1cccc(F)c1. The van der Waals surface area contributed by atoms with E-state index in [4.69, 9.17) is 0 Å². The Morgan fingerprint density at radius 2 is 2.31 bits per heavy atom. The molecule has 0 bridgehead atoms. The molecule has 0 saturated carbocycles. The summed E-state index contributed by atoms with van der Waals surface area (Å²) in [4.78, 5) is 4.57. The van der Waals surface area contributed by atoms with Gasteiger partial charge in [-0.2, -0.15) is 0 Å². The van der Waals surface area contributed by atoms with Crippen LogP contribution in [0.2, 0.25) is 0 Å². The molecule has 0 spiro atoms. The molecule has 0 aliphatic heterocycles. The van der Waals surface area contributed by atoms with E-state index in [9.17, 15) is 8.60 Å². The highest BCUT2D eigenvalue weighted by atomic mass is 32.2. The molecule has 0 radical (unpaired) electrons. The van der Waals surface area contributed by atoms with Gasteiger partial charge in [-0.05, 0) is 18.2 Å². The quantitative estimate of drug-likeness (QED) is 0.818. The maximum Gasteiger partial charge on any atom is 0.124 e. The molecule has 0 saturated heterocycles. The van der Waals surface area contributed by atoms with Crippen LogP contribution in [0.1, 0.15) is 5.82 Å². The van der Waals surface area contributed by atoms with Gasteiger partial charge in [0, 0.05) is 24.3 Å². The fraction of sp³-hybridized carbons (Fsp3) is 0.182. The second-order valence-corrected chi connectivity index (χ2v) is 4.85. The van der Waals surface area contributed by atoms with Gasteiger partial charge in [-0.25, -0.2) is 9.37 Å². The maximum atomic E-state index is 12.9. The fourth-order valence-corrected chi connectivity index (χ4v) is 2.50. The Kier molecular flexibility index (Phi) is 3.14. The standard InChI is InChI=1S/C11H11FN2OS/c1-14-6-5-13-11(14)8-16(15)10-4-2-3-9(12)7-10/h2-7H,8H2,1H3. The predicted molar refractivity (Wildman–Crippen MR) is 59.7 cm³/mol. The van der Waals surface area contributed by atoms with Crippen molar-refractivity contribution >= 4 is 10.8 Å². The molecule has 0 fully saturated rings. The Labute approximate surface area is 95.4 Å². The van der Waals surface area contributed by atoms with Crippen molar-refractivity contribution in [3.8, 4) is 0 Å². The lowest BCUT2D eigenvalue weighted by Crippen LogP contribution is -2.03. The summed E-state index contributed by atoms with van der Waals surface area (Å²) in [5, 5.41) is 0. The maximum absolute atomic E-state index is 12.9. The van der Waals surface area contributed by atoms with Crippen molar-refractivity contribution in [3.05, 3.63) is 48.3 Å². The van der Waals surface area contributed by atoms with E-state index < -0.39 is 10.8 Å². The normalized spacial score (nSPS) is 12.6. The van der Waals surface area contributed by atoms with E-state index in [1.807, 2.05) is 7.05 Å². The molecule has 1 unspecified atom stereocenters. The third-order valence-corrected chi connectivity index (χ3v) is 3.54. The fourth-order valence-electron chi connectivity index (χ4n) is 1.34. The zero-order chi connectivity index (χ0) is 11.5. The van der Waals surface area contributed by atoms with E-state index in [2.05, 4.69) is 4.98 Å². The van der Waals surface area contributed by atoms with Gasteiger partial charge in [-0.15, -0.1) is 0 Å². The lowest BCUT2D eigenvalue weighted by atomic mass is 10.4. The minimum atomic E-state index is -1.26. The van der Waals surface area contributed by atoms with Gasteiger partial charge in [0.2, 0.25) is 0 Å². The zero-order valence-corrected chi connectivity index (χ0v) is 9.58. The highest BCUT2D eigenvalue weighted by molar-refractivity contribution is 7.84.